The summed E-state index contributed by atoms with van der Waals surface area (Å²) in [5, 5.41) is 1.94. The lowest BCUT2D eigenvalue weighted by atomic mass is 9.86. The molecule has 0 aliphatic heterocycles. The van der Waals surface area contributed by atoms with Gasteiger partial charge in [-0.15, -0.1) is 0 Å². The molecule has 120 valence electrons. The summed E-state index contributed by atoms with van der Waals surface area (Å²) in [7, 11) is 0. The first kappa shape index (κ1) is 14.6. The van der Waals surface area contributed by atoms with Crippen molar-refractivity contribution in [3.8, 4) is 0 Å². The van der Waals surface area contributed by atoms with Gasteiger partial charge in [-0.05, 0) is 18.2 Å². The number of aromatic nitrogens is 2. The molecule has 25 heavy (non-hydrogen) atoms. The van der Waals surface area contributed by atoms with Crippen LogP contribution < -0.4 is 0 Å². The average Bonchev–Trinajstić information content (AvgIpc) is 2.98. The number of nitrogens with zero attached hydrogens (tertiary/aromatic N) is 1. The van der Waals surface area contributed by atoms with Crippen molar-refractivity contribution in [3.05, 3.63) is 75.0 Å². The third-order valence-corrected chi connectivity index (χ3v) is 5.03. The quantitative estimate of drug-likeness (QED) is 0.428. The van der Waals surface area contributed by atoms with Gasteiger partial charge in [0.1, 0.15) is 0 Å². The second-order valence-electron chi connectivity index (χ2n) is 5.91. The zero-order valence-electron chi connectivity index (χ0n) is 12.6. The normalized spacial score (nSPS) is 13.4. The molecule has 0 amide bonds. The van der Waals surface area contributed by atoms with Crippen LogP contribution in [0.3, 0.4) is 0 Å². The lowest BCUT2D eigenvalue weighted by molar-refractivity contribution is 0.0979. The van der Waals surface area contributed by atoms with E-state index in [1.165, 1.54) is 6.20 Å². The summed E-state index contributed by atoms with van der Waals surface area (Å²) in [5.41, 5.74) is 2.44. The zero-order valence-corrected chi connectivity index (χ0v) is 14.1. The van der Waals surface area contributed by atoms with E-state index in [4.69, 9.17) is 23.2 Å². The van der Waals surface area contributed by atoms with Crippen molar-refractivity contribution in [2.45, 2.75) is 0 Å². The third-order valence-electron chi connectivity index (χ3n) is 4.52. The smallest absolute Gasteiger partial charge is 0.211 e. The van der Waals surface area contributed by atoms with Crippen molar-refractivity contribution >= 4 is 56.6 Å². The van der Waals surface area contributed by atoms with Gasteiger partial charge in [-0.1, -0.05) is 41.4 Å². The number of halogens is 2. The maximum absolute atomic E-state index is 13.2. The number of pyridine rings is 1. The highest BCUT2D eigenvalue weighted by atomic mass is 35.5. The molecule has 4 aromatic rings. The molecule has 1 N–H and O–H groups in total. The van der Waals surface area contributed by atoms with Crippen LogP contribution in [-0.2, 0) is 0 Å². The summed E-state index contributed by atoms with van der Waals surface area (Å²) in [6.45, 7) is 0. The Morgan fingerprint density at radius 1 is 0.920 bits per heavy atom. The molecule has 1 aliphatic rings. The number of carbonyl (C=O) groups excluding carboxylic acids is 2. The number of carbonyl (C=O) groups is 2. The summed E-state index contributed by atoms with van der Waals surface area (Å²) in [5.74, 6) is -0.487. The zero-order chi connectivity index (χ0) is 17.3. The molecule has 0 saturated heterocycles. The number of nitrogens with one attached hydrogen (secondary N) is 1. The molecule has 5 rings (SSSR count). The number of para-hydroxylation sites is 1. The van der Waals surface area contributed by atoms with Crippen molar-refractivity contribution in [1.29, 1.82) is 0 Å². The number of hydrogen-bond acceptors (Lipinski definition) is 3. The van der Waals surface area contributed by atoms with Crippen LogP contribution in [-0.4, -0.2) is 21.5 Å². The van der Waals surface area contributed by atoms with Crippen LogP contribution in [0.5, 0.6) is 0 Å². The van der Waals surface area contributed by atoms with E-state index in [9.17, 15) is 9.59 Å². The maximum atomic E-state index is 13.2. The van der Waals surface area contributed by atoms with Crippen molar-refractivity contribution in [1.82, 2.24) is 9.97 Å². The van der Waals surface area contributed by atoms with Gasteiger partial charge in [0.15, 0.2) is 5.78 Å². The van der Waals surface area contributed by atoms with Crippen LogP contribution >= 0.6 is 23.2 Å². The molecule has 0 unspecified atom stereocenters. The minimum absolute atomic E-state index is 0.229. The van der Waals surface area contributed by atoms with Gasteiger partial charge in [-0.3, -0.25) is 14.6 Å². The fraction of sp³-hybridized carbons (Fsp3) is 0. The Labute approximate surface area is 151 Å². The van der Waals surface area contributed by atoms with Gasteiger partial charge in [0.2, 0.25) is 5.78 Å². The lowest BCUT2D eigenvalue weighted by Crippen LogP contribution is -2.21. The SMILES string of the molecule is O=C1c2cnc3c(Cl)cc(Cl)cc3c2C(=O)c2[nH]c3ccccc3c21. The molecule has 0 bridgehead atoms. The van der Waals surface area contributed by atoms with E-state index in [0.717, 1.165) is 10.9 Å². The topological polar surface area (TPSA) is 62.8 Å². The molecule has 6 heteroatoms. The van der Waals surface area contributed by atoms with Gasteiger partial charge in [0, 0.05) is 33.1 Å². The van der Waals surface area contributed by atoms with E-state index in [1.807, 2.05) is 24.3 Å². The van der Waals surface area contributed by atoms with Crippen molar-refractivity contribution in [2.75, 3.05) is 0 Å². The van der Waals surface area contributed by atoms with Crippen molar-refractivity contribution in [3.63, 3.8) is 0 Å². The first-order valence-corrected chi connectivity index (χ1v) is 8.29. The van der Waals surface area contributed by atoms with Crippen LogP contribution in [0.25, 0.3) is 21.8 Å². The third kappa shape index (κ3) is 1.86. The molecule has 1 aliphatic carbocycles. The van der Waals surface area contributed by atoms with Crippen LogP contribution in [0.15, 0.2) is 42.6 Å². The van der Waals surface area contributed by atoms with E-state index in [0.29, 0.717) is 37.8 Å². The van der Waals surface area contributed by atoms with E-state index in [1.54, 1.807) is 12.1 Å². The molecular formula is C19H8Cl2N2O2. The highest BCUT2D eigenvalue weighted by molar-refractivity contribution is 6.40. The van der Waals surface area contributed by atoms with Crippen LogP contribution in [0.1, 0.15) is 32.0 Å². The van der Waals surface area contributed by atoms with Gasteiger partial charge in [0.05, 0.1) is 27.4 Å². The van der Waals surface area contributed by atoms with E-state index in [-0.39, 0.29) is 17.1 Å². The van der Waals surface area contributed by atoms with Crippen molar-refractivity contribution in [2.24, 2.45) is 0 Å². The fourth-order valence-electron chi connectivity index (χ4n) is 3.45. The second kappa shape index (κ2) is 4.91. The minimum atomic E-state index is -0.258. The van der Waals surface area contributed by atoms with Gasteiger partial charge in [0.25, 0.3) is 0 Å². The van der Waals surface area contributed by atoms with Crippen molar-refractivity contribution < 1.29 is 9.59 Å². The molecule has 0 spiro atoms. The Balaban J connectivity index is 1.92. The fourth-order valence-corrected chi connectivity index (χ4v) is 3.99. The molecule has 4 nitrogen and oxygen atoms in total. The summed E-state index contributed by atoms with van der Waals surface area (Å²) < 4.78 is 0. The summed E-state index contributed by atoms with van der Waals surface area (Å²) >= 11 is 12.3. The number of fused-ring (bicyclic) bond motifs is 6. The molecule has 2 heterocycles. The number of benzene rings is 2. The Morgan fingerprint density at radius 2 is 1.72 bits per heavy atom. The number of ketones is 2. The monoisotopic (exact) mass is 366 g/mol. The number of H-pyrrole nitrogens is 1. The first-order valence-electron chi connectivity index (χ1n) is 7.54. The Bertz CT molecular complexity index is 1260. The molecule has 2 aromatic heterocycles. The van der Waals surface area contributed by atoms with Gasteiger partial charge < -0.3 is 4.98 Å². The highest BCUT2D eigenvalue weighted by Gasteiger charge is 2.35. The second-order valence-corrected chi connectivity index (χ2v) is 6.75. The number of rotatable bonds is 0. The molecule has 2 aromatic carbocycles. The van der Waals surface area contributed by atoms with Gasteiger partial charge in [-0.25, -0.2) is 0 Å². The Morgan fingerprint density at radius 3 is 2.56 bits per heavy atom. The van der Waals surface area contributed by atoms with Gasteiger partial charge in [-0.2, -0.15) is 0 Å². The molecule has 0 fully saturated rings. The maximum Gasteiger partial charge on any atom is 0.211 e. The van der Waals surface area contributed by atoms with Crippen LogP contribution in [0.2, 0.25) is 10.0 Å². The first-order chi connectivity index (χ1) is 12.1. The highest BCUT2D eigenvalue weighted by Crippen LogP contribution is 2.37. The van der Waals surface area contributed by atoms with E-state index in [2.05, 4.69) is 9.97 Å². The standard InChI is InChI=1S/C19H8Cl2N2O2/c20-8-5-10-14-11(7-22-16(10)12(21)6-8)18(24)15-9-3-1-2-4-13(9)23-17(15)19(14)25/h1-7,23H. The van der Waals surface area contributed by atoms with E-state index >= 15 is 0 Å². The van der Waals surface area contributed by atoms with Gasteiger partial charge >= 0.3 is 0 Å². The Hall–Kier alpha value is -2.69. The summed E-state index contributed by atoms with van der Waals surface area (Å²) in [6.07, 6.45) is 1.42. The average molecular weight is 367 g/mol. The van der Waals surface area contributed by atoms with E-state index < -0.39 is 0 Å². The molecule has 0 atom stereocenters. The molecular weight excluding hydrogens is 359 g/mol. The number of aromatic amines is 1. The van der Waals surface area contributed by atoms with Crippen LogP contribution in [0.4, 0.5) is 0 Å². The summed E-state index contributed by atoms with van der Waals surface area (Å²) in [6, 6.07) is 10.5. The minimum Gasteiger partial charge on any atom is -0.351 e. The largest absolute Gasteiger partial charge is 0.351 e. The molecule has 0 saturated carbocycles. The lowest BCUT2D eigenvalue weighted by Gasteiger charge is -2.16. The van der Waals surface area contributed by atoms with Crippen LogP contribution in [0, 0.1) is 0 Å². The molecule has 0 radical (unpaired) electrons. The predicted octanol–water partition coefficient (Wildman–Crippen LogP) is 4.80. The Kier molecular flexibility index (Phi) is 2.87. The number of hydrogen-bond donors (Lipinski definition) is 1. The predicted molar refractivity (Wildman–Crippen MR) is 96.9 cm³/mol. The summed E-state index contributed by atoms with van der Waals surface area (Å²) in [4.78, 5) is 33.6.